The number of halogens is 1. The van der Waals surface area contributed by atoms with E-state index in [1.165, 1.54) is 18.5 Å². The number of nitrogens with zero attached hydrogens (tertiary/aromatic N) is 2. The summed E-state index contributed by atoms with van der Waals surface area (Å²) in [5.41, 5.74) is 1.19. The first-order valence-electron chi connectivity index (χ1n) is 8.20. The van der Waals surface area contributed by atoms with E-state index in [1.54, 1.807) is 0 Å². The molecule has 1 heterocycles. The van der Waals surface area contributed by atoms with Gasteiger partial charge < -0.3 is 10.2 Å². The van der Waals surface area contributed by atoms with Crippen LogP contribution in [0.1, 0.15) is 19.3 Å². The quantitative estimate of drug-likeness (QED) is 0.874. The topological polar surface area (TPSA) is 35.6 Å². The van der Waals surface area contributed by atoms with Gasteiger partial charge in [0.2, 0.25) is 5.91 Å². The smallest absolute Gasteiger partial charge is 0.221 e. The van der Waals surface area contributed by atoms with Crippen LogP contribution in [-0.2, 0) is 4.79 Å². The van der Waals surface area contributed by atoms with Gasteiger partial charge in [-0.15, -0.1) is 0 Å². The minimum atomic E-state index is 0.198. The lowest BCUT2D eigenvalue weighted by atomic mass is 10.2. The Morgan fingerprint density at radius 3 is 2.68 bits per heavy atom. The molecule has 1 aromatic rings. The number of nitrogens with one attached hydrogen (secondary N) is 1. The molecule has 0 atom stereocenters. The summed E-state index contributed by atoms with van der Waals surface area (Å²) in [6.45, 7) is 5.72. The molecule has 5 heteroatoms. The maximum Gasteiger partial charge on any atom is 0.221 e. The molecule has 1 saturated heterocycles. The van der Waals surface area contributed by atoms with Gasteiger partial charge in [-0.25, -0.2) is 0 Å². The summed E-state index contributed by atoms with van der Waals surface area (Å²) >= 11 is 6.05. The number of carbonyl (C=O) groups excluding carboxylic acids is 1. The normalized spacial score (nSPS) is 19.2. The summed E-state index contributed by atoms with van der Waals surface area (Å²) in [6.07, 6.45) is 3.18. The van der Waals surface area contributed by atoms with Gasteiger partial charge in [0.15, 0.2) is 0 Å². The Balaban J connectivity index is 1.37. The molecule has 0 spiro atoms. The van der Waals surface area contributed by atoms with Crippen molar-refractivity contribution in [1.82, 2.24) is 10.2 Å². The van der Waals surface area contributed by atoms with E-state index in [0.29, 0.717) is 6.42 Å². The molecule has 22 heavy (non-hydrogen) atoms. The van der Waals surface area contributed by atoms with E-state index in [1.807, 2.05) is 18.2 Å². The molecule has 1 aromatic carbocycles. The Morgan fingerprint density at radius 1 is 1.23 bits per heavy atom. The standard InChI is InChI=1S/C17H24ClN3O/c18-15-2-1-3-16(12-15)21-10-8-20(9-11-21)7-6-17(22)19-13-14-4-5-14/h1-3,12,14H,4-11,13H2,(H,19,22). The maximum absolute atomic E-state index is 11.8. The van der Waals surface area contributed by atoms with E-state index in [9.17, 15) is 4.79 Å². The van der Waals surface area contributed by atoms with Gasteiger partial charge in [-0.05, 0) is 37.0 Å². The van der Waals surface area contributed by atoms with Crippen molar-refractivity contribution >= 4 is 23.2 Å². The molecule has 2 aliphatic rings. The summed E-state index contributed by atoms with van der Waals surface area (Å²) in [5, 5.41) is 3.82. The number of amides is 1. The molecule has 1 amide bonds. The summed E-state index contributed by atoms with van der Waals surface area (Å²) in [6, 6.07) is 8.02. The first-order chi connectivity index (χ1) is 10.7. The van der Waals surface area contributed by atoms with Gasteiger partial charge >= 0.3 is 0 Å². The third-order valence-electron chi connectivity index (χ3n) is 4.49. The average molecular weight is 322 g/mol. The van der Waals surface area contributed by atoms with Crippen molar-refractivity contribution in [3.05, 3.63) is 29.3 Å². The van der Waals surface area contributed by atoms with E-state index < -0.39 is 0 Å². The molecule has 120 valence electrons. The van der Waals surface area contributed by atoms with Crippen molar-refractivity contribution in [3.63, 3.8) is 0 Å². The fourth-order valence-corrected chi connectivity index (χ4v) is 3.02. The van der Waals surface area contributed by atoms with Crippen LogP contribution in [0.2, 0.25) is 5.02 Å². The highest BCUT2D eigenvalue weighted by atomic mass is 35.5. The SMILES string of the molecule is O=C(CCN1CCN(c2cccc(Cl)c2)CC1)NCC1CC1. The fourth-order valence-electron chi connectivity index (χ4n) is 2.83. The molecular formula is C17H24ClN3O. The number of carbonyl (C=O) groups is 1. The van der Waals surface area contributed by atoms with Gasteiger partial charge in [-0.2, -0.15) is 0 Å². The Bertz CT molecular complexity index is 510. The second-order valence-corrected chi connectivity index (χ2v) is 6.74. The van der Waals surface area contributed by atoms with Gasteiger partial charge in [-0.1, -0.05) is 17.7 Å². The van der Waals surface area contributed by atoms with Crippen LogP contribution in [-0.4, -0.2) is 50.1 Å². The van der Waals surface area contributed by atoms with Crippen LogP contribution in [0.3, 0.4) is 0 Å². The first kappa shape index (κ1) is 15.6. The van der Waals surface area contributed by atoms with Crippen LogP contribution >= 0.6 is 11.6 Å². The van der Waals surface area contributed by atoms with E-state index >= 15 is 0 Å². The number of benzene rings is 1. The molecule has 1 saturated carbocycles. The van der Waals surface area contributed by atoms with E-state index in [4.69, 9.17) is 11.6 Å². The zero-order chi connectivity index (χ0) is 15.4. The largest absolute Gasteiger partial charge is 0.369 e. The van der Waals surface area contributed by atoms with Crippen molar-refractivity contribution in [3.8, 4) is 0 Å². The van der Waals surface area contributed by atoms with Gasteiger partial charge in [0.05, 0.1) is 0 Å². The summed E-state index contributed by atoms with van der Waals surface area (Å²) in [4.78, 5) is 16.5. The minimum absolute atomic E-state index is 0.198. The fraction of sp³-hybridized carbons (Fsp3) is 0.588. The van der Waals surface area contributed by atoms with Crippen LogP contribution in [0.25, 0.3) is 0 Å². The van der Waals surface area contributed by atoms with Crippen molar-refractivity contribution < 1.29 is 4.79 Å². The minimum Gasteiger partial charge on any atom is -0.369 e. The van der Waals surface area contributed by atoms with Crippen molar-refractivity contribution in [2.45, 2.75) is 19.3 Å². The second kappa shape index (κ2) is 7.34. The number of rotatable bonds is 6. The van der Waals surface area contributed by atoms with Gasteiger partial charge in [0.1, 0.15) is 0 Å². The number of anilines is 1. The number of hydrogen-bond donors (Lipinski definition) is 1. The molecule has 4 nitrogen and oxygen atoms in total. The van der Waals surface area contributed by atoms with Crippen LogP contribution in [0.4, 0.5) is 5.69 Å². The van der Waals surface area contributed by atoms with Crippen LogP contribution in [0, 0.1) is 5.92 Å². The monoisotopic (exact) mass is 321 g/mol. The van der Waals surface area contributed by atoms with Crippen molar-refractivity contribution in [1.29, 1.82) is 0 Å². The molecule has 1 aliphatic carbocycles. The van der Waals surface area contributed by atoms with Gasteiger partial charge in [0.25, 0.3) is 0 Å². The van der Waals surface area contributed by atoms with E-state index in [0.717, 1.165) is 50.2 Å². The lowest BCUT2D eigenvalue weighted by Crippen LogP contribution is -2.47. The molecule has 0 aromatic heterocycles. The second-order valence-electron chi connectivity index (χ2n) is 6.31. The van der Waals surface area contributed by atoms with E-state index in [-0.39, 0.29) is 5.91 Å². The Labute approximate surface area is 137 Å². The summed E-state index contributed by atoms with van der Waals surface area (Å²) < 4.78 is 0. The predicted octanol–water partition coefficient (Wildman–Crippen LogP) is 2.38. The van der Waals surface area contributed by atoms with Crippen LogP contribution in [0.5, 0.6) is 0 Å². The zero-order valence-corrected chi connectivity index (χ0v) is 13.7. The molecular weight excluding hydrogens is 298 g/mol. The Morgan fingerprint density at radius 2 is 2.00 bits per heavy atom. The highest BCUT2D eigenvalue weighted by molar-refractivity contribution is 6.30. The van der Waals surface area contributed by atoms with E-state index in [2.05, 4.69) is 21.2 Å². The number of hydrogen-bond acceptors (Lipinski definition) is 3. The third kappa shape index (κ3) is 4.62. The van der Waals surface area contributed by atoms with Crippen molar-refractivity contribution in [2.75, 3.05) is 44.2 Å². The predicted molar refractivity (Wildman–Crippen MR) is 90.5 cm³/mol. The molecule has 0 radical (unpaired) electrons. The zero-order valence-electron chi connectivity index (χ0n) is 12.9. The van der Waals surface area contributed by atoms with Crippen LogP contribution < -0.4 is 10.2 Å². The van der Waals surface area contributed by atoms with Crippen molar-refractivity contribution in [2.24, 2.45) is 5.92 Å². The van der Waals surface area contributed by atoms with Crippen LogP contribution in [0.15, 0.2) is 24.3 Å². The first-order valence-corrected chi connectivity index (χ1v) is 8.58. The number of piperazine rings is 1. The highest BCUT2D eigenvalue weighted by Gasteiger charge is 2.22. The molecule has 2 fully saturated rings. The average Bonchev–Trinajstić information content (AvgIpc) is 3.36. The molecule has 1 aliphatic heterocycles. The molecule has 0 bridgehead atoms. The molecule has 1 N–H and O–H groups in total. The summed E-state index contributed by atoms with van der Waals surface area (Å²) in [7, 11) is 0. The molecule has 3 rings (SSSR count). The summed E-state index contributed by atoms with van der Waals surface area (Å²) in [5.74, 6) is 0.953. The van der Waals surface area contributed by atoms with Gasteiger partial charge in [0, 0.05) is 56.4 Å². The lowest BCUT2D eigenvalue weighted by Gasteiger charge is -2.36. The van der Waals surface area contributed by atoms with Gasteiger partial charge in [-0.3, -0.25) is 9.69 Å². The maximum atomic E-state index is 11.8. The molecule has 0 unspecified atom stereocenters. The Hall–Kier alpha value is -1.26. The third-order valence-corrected chi connectivity index (χ3v) is 4.72. The highest BCUT2D eigenvalue weighted by Crippen LogP contribution is 2.27. The Kier molecular flexibility index (Phi) is 5.21. The lowest BCUT2D eigenvalue weighted by molar-refractivity contribution is -0.121.